The van der Waals surface area contributed by atoms with Gasteiger partial charge in [0.05, 0.1) is 6.21 Å². The second kappa shape index (κ2) is 11.0. The van der Waals surface area contributed by atoms with Crippen molar-refractivity contribution in [3.8, 4) is 11.5 Å². The summed E-state index contributed by atoms with van der Waals surface area (Å²) in [5.41, 5.74) is 4.41. The molecule has 3 aromatic carbocycles. The lowest BCUT2D eigenvalue weighted by Gasteiger charge is -2.07. The third-order valence-corrected chi connectivity index (χ3v) is 4.98. The summed E-state index contributed by atoms with van der Waals surface area (Å²) >= 11 is 5.63. The van der Waals surface area contributed by atoms with Crippen LogP contribution in [-0.4, -0.2) is 18.7 Å². The molecule has 0 aliphatic heterocycles. The molecule has 5 nitrogen and oxygen atoms in total. The van der Waals surface area contributed by atoms with Crippen molar-refractivity contribution in [2.45, 2.75) is 6.61 Å². The first-order valence-electron chi connectivity index (χ1n) is 8.76. The highest BCUT2D eigenvalue weighted by Gasteiger charge is 2.02. The SMILES string of the molecule is O=C(COc1cccc(Br)c1)N/N=C/c1ccc(OCc2ccc(I)cc2)cc1. The number of carbonyl (C=O) groups excluding carboxylic acids is 1. The van der Waals surface area contributed by atoms with E-state index < -0.39 is 0 Å². The van der Waals surface area contributed by atoms with E-state index in [0.717, 1.165) is 21.3 Å². The number of nitrogens with one attached hydrogen (secondary N) is 1. The van der Waals surface area contributed by atoms with E-state index in [9.17, 15) is 4.79 Å². The molecule has 0 bridgehead atoms. The van der Waals surface area contributed by atoms with Crippen molar-refractivity contribution in [2.24, 2.45) is 5.10 Å². The van der Waals surface area contributed by atoms with Crippen molar-refractivity contribution in [2.75, 3.05) is 6.61 Å². The van der Waals surface area contributed by atoms with Crippen molar-refractivity contribution in [3.63, 3.8) is 0 Å². The van der Waals surface area contributed by atoms with Gasteiger partial charge in [-0.1, -0.05) is 34.1 Å². The Kier molecular flexibility index (Phi) is 8.06. The Morgan fingerprint density at radius 2 is 1.76 bits per heavy atom. The minimum Gasteiger partial charge on any atom is -0.489 e. The summed E-state index contributed by atoms with van der Waals surface area (Å²) in [6, 6.07) is 23.0. The van der Waals surface area contributed by atoms with Crippen LogP contribution in [0, 0.1) is 3.57 Å². The quantitative estimate of drug-likeness (QED) is 0.233. The van der Waals surface area contributed by atoms with Crippen LogP contribution in [0.3, 0.4) is 0 Å². The zero-order valence-corrected chi connectivity index (χ0v) is 19.1. The largest absolute Gasteiger partial charge is 0.489 e. The van der Waals surface area contributed by atoms with E-state index in [1.54, 1.807) is 18.3 Å². The van der Waals surface area contributed by atoms with Crippen molar-refractivity contribution in [3.05, 3.63) is 92.0 Å². The first-order chi connectivity index (χ1) is 14.1. The van der Waals surface area contributed by atoms with Crippen LogP contribution >= 0.6 is 38.5 Å². The molecule has 0 atom stereocenters. The van der Waals surface area contributed by atoms with Gasteiger partial charge < -0.3 is 9.47 Å². The van der Waals surface area contributed by atoms with Crippen LogP contribution in [0.25, 0.3) is 0 Å². The number of ether oxygens (including phenoxy) is 2. The highest BCUT2D eigenvalue weighted by atomic mass is 127. The summed E-state index contributed by atoms with van der Waals surface area (Å²) in [6.45, 7) is 0.400. The molecule has 0 aliphatic carbocycles. The molecule has 0 saturated heterocycles. The van der Waals surface area contributed by atoms with Gasteiger partial charge in [0.15, 0.2) is 6.61 Å². The normalized spacial score (nSPS) is 10.7. The number of nitrogens with zero attached hydrogens (tertiary/aromatic N) is 1. The van der Waals surface area contributed by atoms with Gasteiger partial charge in [-0.05, 0) is 88.3 Å². The molecule has 29 heavy (non-hydrogen) atoms. The molecule has 0 aliphatic rings. The van der Waals surface area contributed by atoms with Gasteiger partial charge in [-0.25, -0.2) is 5.43 Å². The van der Waals surface area contributed by atoms with Crippen LogP contribution in [0.5, 0.6) is 11.5 Å². The Morgan fingerprint density at radius 1 is 1.00 bits per heavy atom. The molecule has 1 N–H and O–H groups in total. The molecule has 3 aromatic rings. The van der Waals surface area contributed by atoms with Gasteiger partial charge in [0, 0.05) is 8.04 Å². The standard InChI is InChI=1S/C22H18BrIN2O3/c23-18-2-1-3-21(12-18)29-15-22(27)26-25-13-16-6-10-20(11-7-16)28-14-17-4-8-19(24)9-5-17/h1-13H,14-15H2,(H,26,27)/b25-13+. The number of halogens is 2. The number of carbonyl (C=O) groups is 1. The van der Waals surface area contributed by atoms with E-state index in [1.165, 1.54) is 3.57 Å². The van der Waals surface area contributed by atoms with E-state index >= 15 is 0 Å². The maximum Gasteiger partial charge on any atom is 0.277 e. The van der Waals surface area contributed by atoms with E-state index in [4.69, 9.17) is 9.47 Å². The fourth-order valence-corrected chi connectivity index (χ4v) is 3.05. The van der Waals surface area contributed by atoms with Crippen LogP contribution in [0.2, 0.25) is 0 Å². The Hall–Kier alpha value is -2.39. The van der Waals surface area contributed by atoms with Gasteiger partial charge in [-0.15, -0.1) is 0 Å². The molecule has 0 saturated carbocycles. The second-order valence-electron chi connectivity index (χ2n) is 6.02. The van der Waals surface area contributed by atoms with Gasteiger partial charge in [0.25, 0.3) is 5.91 Å². The lowest BCUT2D eigenvalue weighted by Crippen LogP contribution is -2.24. The summed E-state index contributed by atoms with van der Waals surface area (Å²) in [5, 5.41) is 3.95. The van der Waals surface area contributed by atoms with E-state index in [1.807, 2.05) is 48.5 Å². The fraction of sp³-hybridized carbons (Fsp3) is 0.0909. The Bertz CT molecular complexity index is 976. The first kappa shape index (κ1) is 21.3. The second-order valence-corrected chi connectivity index (χ2v) is 8.18. The molecule has 3 rings (SSSR count). The van der Waals surface area contributed by atoms with Gasteiger partial charge >= 0.3 is 0 Å². The average molecular weight is 565 g/mol. The van der Waals surface area contributed by atoms with Gasteiger partial charge in [-0.3, -0.25) is 4.79 Å². The van der Waals surface area contributed by atoms with Crippen LogP contribution in [0.15, 0.2) is 82.4 Å². The first-order valence-corrected chi connectivity index (χ1v) is 10.6. The monoisotopic (exact) mass is 564 g/mol. The molecular weight excluding hydrogens is 547 g/mol. The molecule has 148 valence electrons. The van der Waals surface area contributed by atoms with Crippen molar-refractivity contribution in [1.29, 1.82) is 0 Å². The summed E-state index contributed by atoms with van der Waals surface area (Å²) in [7, 11) is 0. The smallest absolute Gasteiger partial charge is 0.277 e. The van der Waals surface area contributed by atoms with Gasteiger partial charge in [0.2, 0.25) is 0 Å². The highest BCUT2D eigenvalue weighted by molar-refractivity contribution is 14.1. The number of benzene rings is 3. The summed E-state index contributed by atoms with van der Waals surface area (Å²) in [4.78, 5) is 11.8. The minimum atomic E-state index is -0.335. The summed E-state index contributed by atoms with van der Waals surface area (Å²) in [6.07, 6.45) is 1.57. The predicted octanol–water partition coefficient (Wildman–Crippen LogP) is 5.16. The lowest BCUT2D eigenvalue weighted by atomic mass is 10.2. The Balaban J connectivity index is 1.42. The zero-order valence-electron chi connectivity index (χ0n) is 15.3. The third-order valence-electron chi connectivity index (χ3n) is 3.77. The summed E-state index contributed by atoms with van der Waals surface area (Å²) in [5.74, 6) is 1.05. The highest BCUT2D eigenvalue weighted by Crippen LogP contribution is 2.17. The zero-order chi connectivity index (χ0) is 20.5. The van der Waals surface area contributed by atoms with Crippen LogP contribution in [0.1, 0.15) is 11.1 Å². The molecule has 1 amide bonds. The number of rotatable bonds is 8. The molecule has 0 fully saturated rings. The van der Waals surface area contributed by atoms with E-state index in [-0.39, 0.29) is 12.5 Å². The summed E-state index contributed by atoms with van der Waals surface area (Å²) < 4.78 is 13.3. The molecule has 0 unspecified atom stereocenters. The van der Waals surface area contributed by atoms with E-state index in [2.05, 4.69) is 61.2 Å². The van der Waals surface area contributed by atoms with Crippen molar-refractivity contribution in [1.82, 2.24) is 5.43 Å². The number of hydrogen-bond acceptors (Lipinski definition) is 4. The topological polar surface area (TPSA) is 59.9 Å². The van der Waals surface area contributed by atoms with Crippen LogP contribution in [-0.2, 0) is 11.4 Å². The molecule has 0 aromatic heterocycles. The molecule has 0 heterocycles. The maximum absolute atomic E-state index is 11.8. The predicted molar refractivity (Wildman–Crippen MR) is 125 cm³/mol. The molecule has 0 spiro atoms. The molecule has 7 heteroatoms. The average Bonchev–Trinajstić information content (AvgIpc) is 2.73. The minimum absolute atomic E-state index is 0.112. The molecular formula is C22H18BrIN2O3. The fourth-order valence-electron chi connectivity index (χ4n) is 2.31. The number of amides is 1. The lowest BCUT2D eigenvalue weighted by molar-refractivity contribution is -0.123. The number of hydrogen-bond donors (Lipinski definition) is 1. The Morgan fingerprint density at radius 3 is 2.48 bits per heavy atom. The maximum atomic E-state index is 11.8. The Labute approximate surface area is 191 Å². The number of hydrazone groups is 1. The van der Waals surface area contributed by atoms with Crippen molar-refractivity contribution >= 4 is 50.6 Å². The van der Waals surface area contributed by atoms with E-state index in [0.29, 0.717) is 12.4 Å². The molecule has 0 radical (unpaired) electrons. The third kappa shape index (κ3) is 7.51. The van der Waals surface area contributed by atoms with Crippen molar-refractivity contribution < 1.29 is 14.3 Å². The van der Waals surface area contributed by atoms with Crippen LogP contribution < -0.4 is 14.9 Å². The van der Waals surface area contributed by atoms with Gasteiger partial charge in [-0.2, -0.15) is 5.10 Å². The van der Waals surface area contributed by atoms with Gasteiger partial charge in [0.1, 0.15) is 18.1 Å². The van der Waals surface area contributed by atoms with Crippen LogP contribution in [0.4, 0.5) is 0 Å².